The minimum atomic E-state index is -0.0844. The summed E-state index contributed by atoms with van der Waals surface area (Å²) in [7, 11) is 0. The van der Waals surface area contributed by atoms with Gasteiger partial charge in [0.1, 0.15) is 29.0 Å². The molecule has 1 heterocycles. The predicted octanol–water partition coefficient (Wildman–Crippen LogP) is 5.17. The number of thiocarbonyl (C=S) groups is 1. The third kappa shape index (κ3) is 6.69. The van der Waals surface area contributed by atoms with Gasteiger partial charge in [-0.05, 0) is 60.9 Å². The standard InChI is InChI=1S/C25H27NO4S2/c1-4-11-26-24(27)23(32-25(26)31)17-20-6-9-21(10-7-20)29-14-12-28-13-15-30-22-8-5-18(2)19(3)16-22/h4-10,16-17H,1,11-15H2,2-3H3. The molecule has 168 valence electrons. The van der Waals surface area contributed by atoms with Crippen molar-refractivity contribution in [3.05, 3.63) is 76.7 Å². The van der Waals surface area contributed by atoms with Crippen LogP contribution in [0.3, 0.4) is 0 Å². The maximum absolute atomic E-state index is 12.4. The number of benzene rings is 2. The maximum atomic E-state index is 12.4. The largest absolute Gasteiger partial charge is 0.491 e. The molecule has 2 aromatic carbocycles. The topological polar surface area (TPSA) is 48.0 Å². The highest BCUT2D eigenvalue weighted by atomic mass is 32.2. The number of hydrogen-bond acceptors (Lipinski definition) is 6. The average molecular weight is 470 g/mol. The molecule has 7 heteroatoms. The minimum absolute atomic E-state index is 0.0844. The van der Waals surface area contributed by atoms with Gasteiger partial charge in [-0.25, -0.2) is 0 Å². The zero-order valence-electron chi connectivity index (χ0n) is 18.3. The fourth-order valence-corrected chi connectivity index (χ4v) is 4.22. The Morgan fingerprint density at radius 3 is 2.28 bits per heavy atom. The van der Waals surface area contributed by atoms with Crippen LogP contribution < -0.4 is 9.47 Å². The van der Waals surface area contributed by atoms with Gasteiger partial charge in [0.2, 0.25) is 0 Å². The van der Waals surface area contributed by atoms with E-state index >= 15 is 0 Å². The molecule has 3 rings (SSSR count). The monoisotopic (exact) mass is 469 g/mol. The van der Waals surface area contributed by atoms with Crippen LogP contribution in [0.1, 0.15) is 16.7 Å². The number of amides is 1. The van der Waals surface area contributed by atoms with E-state index < -0.39 is 0 Å². The Bertz CT molecular complexity index is 1000. The molecule has 1 fully saturated rings. The summed E-state index contributed by atoms with van der Waals surface area (Å²) in [6, 6.07) is 13.6. The Kier molecular flexibility index (Phi) is 8.90. The second-order valence-corrected chi connectivity index (χ2v) is 8.88. The summed E-state index contributed by atoms with van der Waals surface area (Å²) >= 11 is 6.56. The predicted molar refractivity (Wildman–Crippen MR) is 134 cm³/mol. The van der Waals surface area contributed by atoms with Gasteiger partial charge in [-0.3, -0.25) is 9.69 Å². The lowest BCUT2D eigenvalue weighted by Gasteiger charge is -2.10. The van der Waals surface area contributed by atoms with Crippen molar-refractivity contribution in [3.63, 3.8) is 0 Å². The summed E-state index contributed by atoms with van der Waals surface area (Å²) in [5.74, 6) is 1.52. The lowest BCUT2D eigenvalue weighted by molar-refractivity contribution is -0.121. The third-order valence-corrected chi connectivity index (χ3v) is 6.21. The Morgan fingerprint density at radius 1 is 0.969 bits per heavy atom. The highest BCUT2D eigenvalue weighted by molar-refractivity contribution is 8.26. The fourth-order valence-electron chi connectivity index (χ4n) is 2.94. The number of nitrogens with zero attached hydrogens (tertiary/aromatic N) is 1. The van der Waals surface area contributed by atoms with E-state index in [1.165, 1.54) is 22.9 Å². The van der Waals surface area contributed by atoms with E-state index in [0.29, 0.717) is 42.2 Å². The van der Waals surface area contributed by atoms with Crippen LogP contribution in [0.15, 0.2) is 60.0 Å². The summed E-state index contributed by atoms with van der Waals surface area (Å²) in [5.41, 5.74) is 3.38. The number of ether oxygens (including phenoxy) is 3. The Hall–Kier alpha value is -2.61. The minimum Gasteiger partial charge on any atom is -0.491 e. The van der Waals surface area contributed by atoms with Gasteiger partial charge in [0.25, 0.3) is 5.91 Å². The average Bonchev–Trinajstić information content (AvgIpc) is 3.04. The van der Waals surface area contributed by atoms with Crippen LogP contribution in [0.25, 0.3) is 6.08 Å². The van der Waals surface area contributed by atoms with Crippen molar-refractivity contribution < 1.29 is 19.0 Å². The Balaban J connectivity index is 1.36. The smallest absolute Gasteiger partial charge is 0.266 e. The van der Waals surface area contributed by atoms with Gasteiger partial charge in [0.15, 0.2) is 0 Å². The van der Waals surface area contributed by atoms with Gasteiger partial charge in [0, 0.05) is 6.54 Å². The number of aryl methyl sites for hydroxylation is 2. The second kappa shape index (κ2) is 11.9. The van der Waals surface area contributed by atoms with Crippen molar-refractivity contribution in [1.29, 1.82) is 0 Å². The van der Waals surface area contributed by atoms with Crippen LogP contribution in [0, 0.1) is 13.8 Å². The van der Waals surface area contributed by atoms with Gasteiger partial charge in [0.05, 0.1) is 18.1 Å². The van der Waals surface area contributed by atoms with E-state index in [9.17, 15) is 4.79 Å². The zero-order valence-corrected chi connectivity index (χ0v) is 20.0. The molecule has 1 aliphatic heterocycles. The first-order chi connectivity index (χ1) is 15.5. The van der Waals surface area contributed by atoms with E-state index in [2.05, 4.69) is 26.5 Å². The van der Waals surface area contributed by atoms with E-state index in [-0.39, 0.29) is 5.91 Å². The zero-order chi connectivity index (χ0) is 22.9. The Labute approximate surface area is 199 Å². The molecule has 0 N–H and O–H groups in total. The van der Waals surface area contributed by atoms with Crippen molar-refractivity contribution in [3.8, 4) is 11.5 Å². The molecule has 0 bridgehead atoms. The molecule has 0 aliphatic carbocycles. The molecule has 32 heavy (non-hydrogen) atoms. The van der Waals surface area contributed by atoms with Crippen molar-refractivity contribution in [2.24, 2.45) is 0 Å². The molecule has 0 unspecified atom stereocenters. The quantitative estimate of drug-likeness (QED) is 0.196. The normalized spacial score (nSPS) is 14.8. The molecule has 1 aliphatic rings. The first-order valence-electron chi connectivity index (χ1n) is 10.3. The lowest BCUT2D eigenvalue weighted by atomic mass is 10.1. The van der Waals surface area contributed by atoms with Gasteiger partial charge in [-0.15, -0.1) is 6.58 Å². The van der Waals surface area contributed by atoms with E-state index in [0.717, 1.165) is 17.1 Å². The van der Waals surface area contributed by atoms with E-state index in [1.54, 1.807) is 11.0 Å². The number of thioether (sulfide) groups is 1. The molecule has 1 amide bonds. The second-order valence-electron chi connectivity index (χ2n) is 7.21. The van der Waals surface area contributed by atoms with Crippen LogP contribution in [0.4, 0.5) is 0 Å². The van der Waals surface area contributed by atoms with Gasteiger partial charge < -0.3 is 14.2 Å². The maximum Gasteiger partial charge on any atom is 0.266 e. The molecule has 0 atom stereocenters. The van der Waals surface area contributed by atoms with Crippen molar-refractivity contribution in [2.75, 3.05) is 33.0 Å². The van der Waals surface area contributed by atoms with Crippen molar-refractivity contribution >= 4 is 40.3 Å². The van der Waals surface area contributed by atoms with Crippen LogP contribution in [-0.2, 0) is 9.53 Å². The summed E-state index contributed by atoms with van der Waals surface area (Å²) in [6.07, 6.45) is 3.51. The van der Waals surface area contributed by atoms with Crippen molar-refractivity contribution in [2.45, 2.75) is 13.8 Å². The van der Waals surface area contributed by atoms with Gasteiger partial charge >= 0.3 is 0 Å². The van der Waals surface area contributed by atoms with Gasteiger partial charge in [-0.1, -0.05) is 48.3 Å². The van der Waals surface area contributed by atoms with Crippen LogP contribution in [0.2, 0.25) is 0 Å². The first-order valence-corrected chi connectivity index (χ1v) is 11.6. The van der Waals surface area contributed by atoms with Gasteiger partial charge in [-0.2, -0.15) is 0 Å². The highest BCUT2D eigenvalue weighted by Crippen LogP contribution is 2.32. The summed E-state index contributed by atoms with van der Waals surface area (Å²) in [5, 5.41) is 0. The van der Waals surface area contributed by atoms with E-state index in [1.807, 2.05) is 42.5 Å². The summed E-state index contributed by atoms with van der Waals surface area (Å²) in [6.45, 7) is 10.2. The summed E-state index contributed by atoms with van der Waals surface area (Å²) in [4.78, 5) is 14.5. The third-order valence-electron chi connectivity index (χ3n) is 4.83. The molecule has 0 radical (unpaired) electrons. The highest BCUT2D eigenvalue weighted by Gasteiger charge is 2.30. The molecule has 1 saturated heterocycles. The molecule has 5 nitrogen and oxygen atoms in total. The van der Waals surface area contributed by atoms with Crippen LogP contribution in [0.5, 0.6) is 11.5 Å². The Morgan fingerprint density at radius 2 is 1.62 bits per heavy atom. The SMILES string of the molecule is C=CCN1C(=O)C(=Cc2ccc(OCCOCCOc3ccc(C)c(C)c3)cc2)SC1=S. The fraction of sp³-hybridized carbons (Fsp3) is 0.280. The lowest BCUT2D eigenvalue weighted by Crippen LogP contribution is -2.27. The molecule has 0 spiro atoms. The van der Waals surface area contributed by atoms with Crippen LogP contribution >= 0.6 is 24.0 Å². The molecular formula is C25H27NO4S2. The molecule has 2 aromatic rings. The number of hydrogen-bond donors (Lipinski definition) is 0. The molecular weight excluding hydrogens is 442 g/mol. The van der Waals surface area contributed by atoms with Crippen LogP contribution in [-0.4, -0.2) is 48.1 Å². The number of carbonyl (C=O) groups is 1. The number of carbonyl (C=O) groups excluding carboxylic acids is 1. The number of rotatable bonds is 11. The van der Waals surface area contributed by atoms with Crippen molar-refractivity contribution in [1.82, 2.24) is 4.90 Å². The molecule has 0 saturated carbocycles. The first kappa shape index (κ1) is 24.0. The van der Waals surface area contributed by atoms with E-state index in [4.69, 9.17) is 26.4 Å². The summed E-state index contributed by atoms with van der Waals surface area (Å²) < 4.78 is 17.5. The molecule has 0 aromatic heterocycles.